The molecule has 2 aromatic carbocycles. The maximum Gasteiger partial charge on any atom is 0.242 e. The van der Waals surface area contributed by atoms with Crippen LogP contribution in [0.3, 0.4) is 0 Å². The first-order valence-corrected chi connectivity index (χ1v) is 8.51. The van der Waals surface area contributed by atoms with E-state index in [0.29, 0.717) is 5.56 Å². The van der Waals surface area contributed by atoms with Gasteiger partial charge in [0, 0.05) is 11.0 Å². The van der Waals surface area contributed by atoms with Crippen LogP contribution in [0, 0.1) is 11.3 Å². The lowest BCUT2D eigenvalue weighted by Gasteiger charge is -2.09. The van der Waals surface area contributed by atoms with E-state index in [-0.39, 0.29) is 16.5 Å². The number of sulfonamides is 1. The molecule has 0 bridgehead atoms. The van der Waals surface area contributed by atoms with Crippen molar-refractivity contribution in [1.29, 1.82) is 5.26 Å². The van der Waals surface area contributed by atoms with Gasteiger partial charge in [0.25, 0.3) is 0 Å². The zero-order valence-corrected chi connectivity index (χ0v) is 13.8. The molecular formula is C14H10BrClN2O2S. The highest BCUT2D eigenvalue weighted by molar-refractivity contribution is 9.10. The molecule has 0 fully saturated rings. The van der Waals surface area contributed by atoms with E-state index in [1.807, 2.05) is 30.3 Å². The van der Waals surface area contributed by atoms with E-state index in [1.165, 1.54) is 18.2 Å². The highest BCUT2D eigenvalue weighted by Gasteiger charge is 2.17. The molecule has 0 spiro atoms. The summed E-state index contributed by atoms with van der Waals surface area (Å²) in [5.41, 5.74) is 1.13. The standard InChI is InChI=1S/C14H10BrClN2O2S/c15-12-3-1-2-11(6-12)9-18-21(19,20)14-5-4-10(8-17)7-13(14)16/h1-7,18H,9H2. The molecule has 0 aliphatic rings. The molecule has 21 heavy (non-hydrogen) atoms. The van der Waals surface area contributed by atoms with Gasteiger partial charge >= 0.3 is 0 Å². The van der Waals surface area contributed by atoms with Crippen LogP contribution < -0.4 is 4.72 Å². The van der Waals surface area contributed by atoms with Crippen molar-refractivity contribution in [2.45, 2.75) is 11.4 Å². The number of nitriles is 1. The Hall–Kier alpha value is -1.39. The van der Waals surface area contributed by atoms with E-state index >= 15 is 0 Å². The molecule has 0 amide bonds. The van der Waals surface area contributed by atoms with E-state index in [0.717, 1.165) is 10.0 Å². The van der Waals surface area contributed by atoms with Crippen LogP contribution in [0.4, 0.5) is 0 Å². The van der Waals surface area contributed by atoms with Crippen molar-refractivity contribution in [3.05, 3.63) is 63.1 Å². The average Bonchev–Trinajstić information content (AvgIpc) is 2.45. The van der Waals surface area contributed by atoms with Gasteiger partial charge in [0.2, 0.25) is 10.0 Å². The Bertz CT molecular complexity index is 816. The second-order valence-electron chi connectivity index (χ2n) is 4.21. The number of nitrogens with zero attached hydrogens (tertiary/aromatic N) is 1. The lowest BCUT2D eigenvalue weighted by atomic mass is 10.2. The van der Waals surface area contributed by atoms with E-state index in [1.54, 1.807) is 0 Å². The fraction of sp³-hybridized carbons (Fsp3) is 0.0714. The minimum absolute atomic E-state index is 0.0239. The summed E-state index contributed by atoms with van der Waals surface area (Å²) < 4.78 is 27.8. The van der Waals surface area contributed by atoms with Crippen molar-refractivity contribution < 1.29 is 8.42 Å². The summed E-state index contributed by atoms with van der Waals surface area (Å²) >= 11 is 9.25. The third kappa shape index (κ3) is 4.05. The highest BCUT2D eigenvalue weighted by atomic mass is 79.9. The zero-order valence-electron chi connectivity index (χ0n) is 10.7. The molecule has 1 N–H and O–H groups in total. The molecule has 0 heterocycles. The van der Waals surface area contributed by atoms with Gasteiger partial charge in [-0.25, -0.2) is 13.1 Å². The predicted octanol–water partition coefficient (Wildman–Crippen LogP) is 3.45. The molecule has 0 aliphatic heterocycles. The van der Waals surface area contributed by atoms with Gasteiger partial charge in [-0.05, 0) is 35.9 Å². The van der Waals surface area contributed by atoms with E-state index in [9.17, 15) is 8.42 Å². The van der Waals surface area contributed by atoms with Crippen molar-refractivity contribution in [3.63, 3.8) is 0 Å². The molecule has 4 nitrogen and oxygen atoms in total. The van der Waals surface area contributed by atoms with E-state index < -0.39 is 10.0 Å². The Balaban J connectivity index is 2.21. The van der Waals surface area contributed by atoms with Crippen LogP contribution in [-0.4, -0.2) is 8.42 Å². The number of rotatable bonds is 4. The number of benzene rings is 2. The predicted molar refractivity (Wildman–Crippen MR) is 84.3 cm³/mol. The highest BCUT2D eigenvalue weighted by Crippen LogP contribution is 2.22. The molecule has 0 saturated heterocycles. The summed E-state index contributed by atoms with van der Waals surface area (Å²) in [7, 11) is -3.73. The normalized spacial score (nSPS) is 11.1. The smallest absolute Gasteiger partial charge is 0.207 e. The number of halogens is 2. The van der Waals surface area contributed by atoms with Crippen LogP contribution in [0.5, 0.6) is 0 Å². The van der Waals surface area contributed by atoms with Crippen LogP contribution in [0.15, 0.2) is 51.8 Å². The summed E-state index contributed by atoms with van der Waals surface area (Å²) in [6.45, 7) is 0.151. The van der Waals surface area contributed by atoms with Crippen molar-refractivity contribution in [3.8, 4) is 6.07 Å². The third-order valence-electron chi connectivity index (χ3n) is 2.71. The van der Waals surface area contributed by atoms with Crippen molar-refractivity contribution in [2.75, 3.05) is 0 Å². The SMILES string of the molecule is N#Cc1ccc(S(=O)(=O)NCc2cccc(Br)c2)c(Cl)c1. The maximum absolute atomic E-state index is 12.2. The third-order valence-corrected chi connectivity index (χ3v) is 5.08. The van der Waals surface area contributed by atoms with E-state index in [4.69, 9.17) is 16.9 Å². The average molecular weight is 386 g/mol. The molecule has 0 saturated carbocycles. The number of hydrogen-bond donors (Lipinski definition) is 1. The van der Waals surface area contributed by atoms with Crippen LogP contribution in [0.1, 0.15) is 11.1 Å². The van der Waals surface area contributed by atoms with Gasteiger partial charge in [0.15, 0.2) is 0 Å². The molecule has 0 aliphatic carbocycles. The minimum Gasteiger partial charge on any atom is -0.207 e. The van der Waals surface area contributed by atoms with Crippen molar-refractivity contribution in [1.82, 2.24) is 4.72 Å². The summed E-state index contributed by atoms with van der Waals surface area (Å²) in [5, 5.41) is 8.78. The molecule has 108 valence electrons. The van der Waals surface area contributed by atoms with E-state index in [2.05, 4.69) is 20.7 Å². The van der Waals surface area contributed by atoms with Crippen molar-refractivity contribution >= 4 is 37.6 Å². The lowest BCUT2D eigenvalue weighted by Crippen LogP contribution is -2.23. The first-order chi connectivity index (χ1) is 9.92. The van der Waals surface area contributed by atoms with Crippen LogP contribution in [-0.2, 0) is 16.6 Å². The molecule has 2 rings (SSSR count). The molecule has 2 aromatic rings. The number of nitrogens with one attached hydrogen (secondary N) is 1. The molecule has 0 radical (unpaired) electrons. The zero-order chi connectivity index (χ0) is 15.5. The van der Waals surface area contributed by atoms with Gasteiger partial charge in [-0.3, -0.25) is 0 Å². The molecule has 0 aromatic heterocycles. The van der Waals surface area contributed by atoms with Crippen LogP contribution in [0.25, 0.3) is 0 Å². The fourth-order valence-corrected chi connectivity index (χ4v) is 3.70. The molecule has 7 heteroatoms. The van der Waals surface area contributed by atoms with Gasteiger partial charge in [0.1, 0.15) is 4.90 Å². The van der Waals surface area contributed by atoms with Gasteiger partial charge in [-0.2, -0.15) is 5.26 Å². The Morgan fingerprint density at radius 3 is 2.62 bits per heavy atom. The van der Waals surface area contributed by atoms with Gasteiger partial charge in [-0.1, -0.05) is 39.7 Å². The Morgan fingerprint density at radius 2 is 2.00 bits per heavy atom. The first kappa shape index (κ1) is 16.0. The monoisotopic (exact) mass is 384 g/mol. The molecule has 0 atom stereocenters. The summed E-state index contributed by atoms with van der Waals surface area (Å²) in [4.78, 5) is -0.0434. The van der Waals surface area contributed by atoms with Crippen LogP contribution in [0.2, 0.25) is 5.02 Å². The molecule has 0 unspecified atom stereocenters. The van der Waals surface area contributed by atoms with Gasteiger partial charge in [-0.15, -0.1) is 0 Å². The van der Waals surface area contributed by atoms with Crippen LogP contribution >= 0.6 is 27.5 Å². The number of hydrogen-bond acceptors (Lipinski definition) is 3. The summed E-state index contributed by atoms with van der Waals surface area (Å²) in [5.74, 6) is 0. The largest absolute Gasteiger partial charge is 0.242 e. The molecular weight excluding hydrogens is 376 g/mol. The Kier molecular flexibility index (Phi) is 5.01. The Labute approximate surface area is 136 Å². The first-order valence-electron chi connectivity index (χ1n) is 5.86. The summed E-state index contributed by atoms with van der Waals surface area (Å²) in [6, 6.07) is 13.3. The summed E-state index contributed by atoms with van der Waals surface area (Å²) in [6.07, 6.45) is 0. The van der Waals surface area contributed by atoms with Crippen molar-refractivity contribution in [2.24, 2.45) is 0 Å². The Morgan fingerprint density at radius 1 is 1.24 bits per heavy atom. The second-order valence-corrected chi connectivity index (χ2v) is 7.27. The minimum atomic E-state index is -3.73. The topological polar surface area (TPSA) is 70.0 Å². The van der Waals surface area contributed by atoms with Gasteiger partial charge in [0.05, 0.1) is 16.7 Å². The maximum atomic E-state index is 12.2. The van der Waals surface area contributed by atoms with Gasteiger partial charge < -0.3 is 0 Å². The second kappa shape index (κ2) is 6.58. The lowest BCUT2D eigenvalue weighted by molar-refractivity contribution is 0.581. The quantitative estimate of drug-likeness (QED) is 0.876. The fourth-order valence-electron chi connectivity index (χ4n) is 1.69.